The Kier molecular flexibility index (Phi) is 8.52. The number of benzene rings is 1. The summed E-state index contributed by atoms with van der Waals surface area (Å²) in [5.41, 5.74) is 0.923. The molecular formula is C21H28N2O5. The summed E-state index contributed by atoms with van der Waals surface area (Å²) >= 11 is 0. The average molecular weight is 388 g/mol. The Labute approximate surface area is 164 Å². The van der Waals surface area contributed by atoms with Gasteiger partial charge in [-0.15, -0.1) is 0 Å². The van der Waals surface area contributed by atoms with E-state index in [2.05, 4.69) is 10.6 Å². The molecule has 0 aromatic heterocycles. The minimum atomic E-state index is -1.16. The van der Waals surface area contributed by atoms with Crippen molar-refractivity contribution in [1.29, 1.82) is 0 Å². The van der Waals surface area contributed by atoms with E-state index >= 15 is 0 Å². The highest BCUT2D eigenvalue weighted by Gasteiger charge is 2.23. The summed E-state index contributed by atoms with van der Waals surface area (Å²) in [5, 5.41) is 23.5. The first-order valence-electron chi connectivity index (χ1n) is 9.70. The van der Waals surface area contributed by atoms with Gasteiger partial charge >= 0.3 is 5.97 Å². The lowest BCUT2D eigenvalue weighted by atomic mass is 9.89. The Morgan fingerprint density at radius 1 is 1.11 bits per heavy atom. The van der Waals surface area contributed by atoms with Crippen LogP contribution in [0.3, 0.4) is 0 Å². The SMILES string of the molecule is O=C(O)C[C@@H](NC(=O)/C=C/C1CCCCC1)C(=O)NCCc1ccc(O)cc1. The lowest BCUT2D eigenvalue weighted by Crippen LogP contribution is -2.47. The fourth-order valence-electron chi connectivity index (χ4n) is 3.27. The standard InChI is InChI=1S/C21H28N2O5/c24-17-9-6-16(7-10-17)12-13-22-21(28)18(14-20(26)27)23-19(25)11-8-15-4-2-1-3-5-15/h6-11,15,18,24H,1-5,12-14H2,(H,22,28)(H,23,25)(H,26,27)/b11-8+/t18-/m1/s1. The van der Waals surface area contributed by atoms with E-state index < -0.39 is 30.2 Å². The minimum absolute atomic E-state index is 0.165. The Bertz CT molecular complexity index is 693. The summed E-state index contributed by atoms with van der Waals surface area (Å²) in [6, 6.07) is 5.48. The number of aromatic hydroxyl groups is 1. The van der Waals surface area contributed by atoms with Crippen molar-refractivity contribution in [3.63, 3.8) is 0 Å². The fraction of sp³-hybridized carbons (Fsp3) is 0.476. The zero-order valence-corrected chi connectivity index (χ0v) is 15.9. The van der Waals surface area contributed by atoms with Gasteiger partial charge in [-0.1, -0.05) is 37.5 Å². The first-order valence-corrected chi connectivity index (χ1v) is 9.70. The number of hydrogen-bond donors (Lipinski definition) is 4. The summed E-state index contributed by atoms with van der Waals surface area (Å²) in [6.07, 6.45) is 8.96. The van der Waals surface area contributed by atoms with Crippen LogP contribution in [-0.4, -0.2) is 40.6 Å². The quantitative estimate of drug-likeness (QED) is 0.484. The number of nitrogens with one attached hydrogen (secondary N) is 2. The predicted octanol–water partition coefficient (Wildman–Crippen LogP) is 2.15. The van der Waals surface area contributed by atoms with E-state index in [4.69, 9.17) is 5.11 Å². The molecule has 1 aliphatic carbocycles. The molecule has 0 bridgehead atoms. The molecule has 1 aromatic carbocycles. The van der Waals surface area contributed by atoms with Gasteiger partial charge in [-0.2, -0.15) is 0 Å². The van der Waals surface area contributed by atoms with Crippen molar-refractivity contribution in [2.75, 3.05) is 6.54 Å². The molecule has 4 N–H and O–H groups in total. The van der Waals surface area contributed by atoms with Gasteiger partial charge in [-0.25, -0.2) is 0 Å². The maximum Gasteiger partial charge on any atom is 0.305 e. The summed E-state index contributed by atoms with van der Waals surface area (Å²) < 4.78 is 0. The van der Waals surface area contributed by atoms with Crippen molar-refractivity contribution < 1.29 is 24.6 Å². The van der Waals surface area contributed by atoms with E-state index in [0.717, 1.165) is 31.2 Å². The third-order valence-electron chi connectivity index (χ3n) is 4.83. The van der Waals surface area contributed by atoms with E-state index in [1.807, 2.05) is 6.08 Å². The van der Waals surface area contributed by atoms with E-state index in [1.165, 1.54) is 12.5 Å². The van der Waals surface area contributed by atoms with Gasteiger partial charge in [0.05, 0.1) is 6.42 Å². The van der Waals surface area contributed by atoms with Gasteiger partial charge in [-0.3, -0.25) is 14.4 Å². The molecule has 0 aliphatic heterocycles. The number of allylic oxidation sites excluding steroid dienone is 1. The first kappa shape index (κ1) is 21.5. The monoisotopic (exact) mass is 388 g/mol. The molecule has 0 unspecified atom stereocenters. The van der Waals surface area contributed by atoms with Crippen LogP contribution in [0.1, 0.15) is 44.1 Å². The fourth-order valence-corrected chi connectivity index (χ4v) is 3.27. The summed E-state index contributed by atoms with van der Waals surface area (Å²) in [6.45, 7) is 0.299. The lowest BCUT2D eigenvalue weighted by molar-refractivity contribution is -0.140. The molecule has 1 atom stereocenters. The summed E-state index contributed by atoms with van der Waals surface area (Å²) in [4.78, 5) is 35.5. The Balaban J connectivity index is 1.83. The Morgan fingerprint density at radius 3 is 2.43 bits per heavy atom. The average Bonchev–Trinajstić information content (AvgIpc) is 2.68. The van der Waals surface area contributed by atoms with Gasteiger partial charge in [0.15, 0.2) is 0 Å². The van der Waals surface area contributed by atoms with Gasteiger partial charge in [0.2, 0.25) is 11.8 Å². The molecule has 1 aliphatic rings. The van der Waals surface area contributed by atoms with Crippen LogP contribution in [0.25, 0.3) is 0 Å². The Morgan fingerprint density at radius 2 is 1.79 bits per heavy atom. The highest BCUT2D eigenvalue weighted by molar-refractivity contribution is 5.94. The van der Waals surface area contributed by atoms with Gasteiger partial charge in [-0.05, 0) is 49.0 Å². The molecule has 1 fully saturated rings. The molecule has 1 saturated carbocycles. The Hall–Kier alpha value is -2.83. The molecule has 1 aromatic rings. The highest BCUT2D eigenvalue weighted by atomic mass is 16.4. The van der Waals surface area contributed by atoms with Crippen molar-refractivity contribution in [1.82, 2.24) is 10.6 Å². The number of rotatable bonds is 9. The van der Waals surface area contributed by atoms with Crippen LogP contribution in [-0.2, 0) is 20.8 Å². The summed E-state index contributed by atoms with van der Waals surface area (Å²) in [5.74, 6) is -1.60. The van der Waals surface area contributed by atoms with E-state index in [0.29, 0.717) is 18.9 Å². The molecule has 0 radical (unpaired) electrons. The van der Waals surface area contributed by atoms with Crippen molar-refractivity contribution in [2.24, 2.45) is 5.92 Å². The molecule has 2 amide bonds. The van der Waals surface area contributed by atoms with Crippen molar-refractivity contribution in [2.45, 2.75) is 51.0 Å². The number of carboxylic acids is 1. The van der Waals surface area contributed by atoms with Crippen molar-refractivity contribution in [3.05, 3.63) is 42.0 Å². The molecule has 7 nitrogen and oxygen atoms in total. The first-order chi connectivity index (χ1) is 13.4. The lowest BCUT2D eigenvalue weighted by Gasteiger charge is -2.18. The second kappa shape index (κ2) is 11.1. The van der Waals surface area contributed by atoms with Crippen LogP contribution < -0.4 is 10.6 Å². The highest BCUT2D eigenvalue weighted by Crippen LogP contribution is 2.24. The number of carboxylic acid groups (broad SMARTS) is 1. The normalized spacial score (nSPS) is 15.9. The smallest absolute Gasteiger partial charge is 0.305 e. The number of amides is 2. The zero-order valence-electron chi connectivity index (χ0n) is 15.9. The van der Waals surface area contributed by atoms with Crippen LogP contribution in [0, 0.1) is 5.92 Å². The number of carbonyl (C=O) groups excluding carboxylic acids is 2. The molecule has 7 heteroatoms. The summed E-state index contributed by atoms with van der Waals surface area (Å²) in [7, 11) is 0. The van der Waals surface area contributed by atoms with Crippen LogP contribution in [0.4, 0.5) is 0 Å². The van der Waals surface area contributed by atoms with Crippen molar-refractivity contribution in [3.8, 4) is 5.75 Å². The molecule has 28 heavy (non-hydrogen) atoms. The molecule has 0 saturated heterocycles. The molecule has 0 heterocycles. The molecule has 152 valence electrons. The van der Waals surface area contributed by atoms with Crippen LogP contribution in [0.2, 0.25) is 0 Å². The van der Waals surface area contributed by atoms with Crippen molar-refractivity contribution >= 4 is 17.8 Å². The van der Waals surface area contributed by atoms with E-state index in [1.54, 1.807) is 24.3 Å². The zero-order chi connectivity index (χ0) is 20.4. The maximum atomic E-state index is 12.3. The third-order valence-corrected chi connectivity index (χ3v) is 4.83. The molecular weight excluding hydrogens is 360 g/mol. The number of aliphatic carboxylic acids is 1. The van der Waals surface area contributed by atoms with E-state index in [9.17, 15) is 19.5 Å². The molecule has 2 rings (SSSR count). The largest absolute Gasteiger partial charge is 0.508 e. The number of phenols is 1. The topological polar surface area (TPSA) is 116 Å². The van der Waals surface area contributed by atoms with Gasteiger partial charge < -0.3 is 20.8 Å². The number of carbonyl (C=O) groups is 3. The van der Waals surface area contributed by atoms with Gasteiger partial charge in [0, 0.05) is 6.54 Å². The van der Waals surface area contributed by atoms with E-state index in [-0.39, 0.29) is 5.75 Å². The maximum absolute atomic E-state index is 12.3. The van der Waals surface area contributed by atoms with Crippen LogP contribution in [0.5, 0.6) is 5.75 Å². The number of phenolic OH excluding ortho intramolecular Hbond substituents is 1. The number of hydrogen-bond acceptors (Lipinski definition) is 4. The van der Waals surface area contributed by atoms with Crippen LogP contribution in [0.15, 0.2) is 36.4 Å². The van der Waals surface area contributed by atoms with Gasteiger partial charge in [0.25, 0.3) is 0 Å². The van der Waals surface area contributed by atoms with Gasteiger partial charge in [0.1, 0.15) is 11.8 Å². The van der Waals surface area contributed by atoms with Crippen LogP contribution >= 0.6 is 0 Å². The minimum Gasteiger partial charge on any atom is -0.508 e. The second-order valence-electron chi connectivity index (χ2n) is 7.12. The second-order valence-corrected chi connectivity index (χ2v) is 7.12. The predicted molar refractivity (Wildman–Crippen MR) is 105 cm³/mol. The third kappa shape index (κ3) is 7.82. The molecule has 0 spiro atoms.